The summed E-state index contributed by atoms with van der Waals surface area (Å²) in [7, 11) is 1.71. The number of methoxy groups -OCH3 is 1. The van der Waals surface area contributed by atoms with Crippen LogP contribution in [0.5, 0.6) is 11.5 Å². The molecule has 0 spiro atoms. The van der Waals surface area contributed by atoms with Crippen LogP contribution in [0.1, 0.15) is 29.8 Å². The average molecular weight is 555 g/mol. The quantitative estimate of drug-likeness (QED) is 0.237. The molecule has 1 aromatic heterocycles. The Kier molecular flexibility index (Phi) is 6.43. The first kappa shape index (κ1) is 25.6. The predicted octanol–water partition coefficient (Wildman–Crippen LogP) is 7.38. The molecule has 0 bridgehead atoms. The number of anilines is 2. The Morgan fingerprint density at radius 3 is 2.33 bits per heavy atom. The molecule has 1 atom stereocenters. The summed E-state index contributed by atoms with van der Waals surface area (Å²) in [6, 6.07) is 34.0. The molecule has 0 unspecified atom stereocenters. The fraction of sp³-hybridized carbons (Fsp3) is 0.147. The maximum Gasteiger partial charge on any atom is 0.179 e. The van der Waals surface area contributed by atoms with E-state index in [0.29, 0.717) is 18.3 Å². The minimum Gasteiger partial charge on any atom is -0.496 e. The normalized spacial score (nSPS) is 15.1. The third kappa shape index (κ3) is 4.19. The monoisotopic (exact) mass is 554 g/mol. The van der Waals surface area contributed by atoms with Crippen molar-refractivity contribution in [3.63, 3.8) is 0 Å². The van der Waals surface area contributed by atoms with E-state index in [2.05, 4.69) is 22.3 Å². The largest absolute Gasteiger partial charge is 0.496 e. The number of benzene rings is 4. The first-order valence-electron chi connectivity index (χ1n) is 14.0. The molecular formula is C34H30N6O2. The third-order valence-electron chi connectivity index (χ3n) is 7.51. The lowest BCUT2D eigenvalue weighted by Gasteiger charge is -2.41. The van der Waals surface area contributed by atoms with E-state index in [1.165, 1.54) is 0 Å². The van der Waals surface area contributed by atoms with Crippen LogP contribution in [0, 0.1) is 6.92 Å². The number of nitrogens with one attached hydrogen (secondary N) is 1. The predicted molar refractivity (Wildman–Crippen MR) is 167 cm³/mol. The van der Waals surface area contributed by atoms with Crippen LogP contribution < -0.4 is 19.7 Å². The van der Waals surface area contributed by atoms with Gasteiger partial charge in [-0.15, -0.1) is 0 Å². The first-order valence-corrected chi connectivity index (χ1v) is 14.0. The molecule has 5 aromatic rings. The van der Waals surface area contributed by atoms with Gasteiger partial charge in [-0.25, -0.2) is 14.7 Å². The van der Waals surface area contributed by atoms with E-state index < -0.39 is 0 Å². The second-order valence-corrected chi connectivity index (χ2v) is 10.0. The molecule has 2 aliphatic rings. The lowest BCUT2D eigenvalue weighted by atomic mass is 9.92. The molecule has 4 aromatic carbocycles. The van der Waals surface area contributed by atoms with E-state index in [1.54, 1.807) is 7.11 Å². The minimum atomic E-state index is -0.281. The van der Waals surface area contributed by atoms with Crippen molar-refractivity contribution in [2.75, 3.05) is 23.9 Å². The zero-order valence-corrected chi connectivity index (χ0v) is 23.7. The van der Waals surface area contributed by atoms with Crippen LogP contribution >= 0.6 is 0 Å². The van der Waals surface area contributed by atoms with Crippen molar-refractivity contribution in [1.82, 2.24) is 9.78 Å². The van der Waals surface area contributed by atoms with Gasteiger partial charge in [0.15, 0.2) is 17.5 Å². The molecule has 0 saturated heterocycles. The van der Waals surface area contributed by atoms with E-state index in [4.69, 9.17) is 24.6 Å². The lowest BCUT2D eigenvalue weighted by molar-refractivity contribution is 0.342. The molecule has 7 rings (SSSR count). The summed E-state index contributed by atoms with van der Waals surface area (Å²) in [5, 5.41) is 8.58. The Hall–Kier alpha value is -5.37. The van der Waals surface area contributed by atoms with Crippen LogP contribution in [0.15, 0.2) is 113 Å². The molecule has 0 saturated carbocycles. The molecule has 0 fully saturated rings. The molecular weight excluding hydrogens is 524 g/mol. The molecule has 3 heterocycles. The van der Waals surface area contributed by atoms with Gasteiger partial charge in [-0.3, -0.25) is 0 Å². The van der Waals surface area contributed by atoms with Crippen LogP contribution in [-0.2, 0) is 0 Å². The highest BCUT2D eigenvalue weighted by Gasteiger charge is 2.42. The summed E-state index contributed by atoms with van der Waals surface area (Å²) >= 11 is 0. The van der Waals surface area contributed by atoms with Crippen molar-refractivity contribution in [2.24, 2.45) is 9.98 Å². The zero-order chi connectivity index (χ0) is 28.6. The SMILES string of the molecule is CCOc1ccccc1NC1=Nc2ccccc2N2C1=Nc1c(c(C)nn1-c1ccccc1)[C@H]2c1ccccc1OC. The van der Waals surface area contributed by atoms with Gasteiger partial charge in [0.1, 0.15) is 11.5 Å². The van der Waals surface area contributed by atoms with Gasteiger partial charge in [-0.2, -0.15) is 5.10 Å². The van der Waals surface area contributed by atoms with E-state index in [9.17, 15) is 0 Å². The van der Waals surface area contributed by atoms with Crippen LogP contribution in [-0.4, -0.2) is 35.2 Å². The summed E-state index contributed by atoms with van der Waals surface area (Å²) in [5.74, 6) is 3.59. The summed E-state index contributed by atoms with van der Waals surface area (Å²) in [6.45, 7) is 4.57. The van der Waals surface area contributed by atoms with Crippen molar-refractivity contribution in [1.29, 1.82) is 0 Å². The molecule has 1 N–H and O–H groups in total. The smallest absolute Gasteiger partial charge is 0.179 e. The molecule has 42 heavy (non-hydrogen) atoms. The van der Waals surface area contributed by atoms with Gasteiger partial charge in [-0.05, 0) is 56.3 Å². The molecule has 0 radical (unpaired) electrons. The number of aryl methyl sites for hydroxylation is 1. The van der Waals surface area contributed by atoms with Crippen LogP contribution in [0.25, 0.3) is 5.69 Å². The van der Waals surface area contributed by atoms with E-state index in [-0.39, 0.29) is 6.04 Å². The third-order valence-corrected chi connectivity index (χ3v) is 7.51. The van der Waals surface area contributed by atoms with E-state index in [0.717, 1.165) is 56.9 Å². The molecule has 208 valence electrons. The number of aromatic nitrogens is 2. The number of aliphatic imine (C=N–C) groups is 2. The minimum absolute atomic E-state index is 0.281. The molecule has 8 heteroatoms. The Balaban J connectivity index is 1.50. The van der Waals surface area contributed by atoms with Crippen molar-refractivity contribution in [2.45, 2.75) is 19.9 Å². The van der Waals surface area contributed by atoms with E-state index >= 15 is 0 Å². The fourth-order valence-corrected chi connectivity index (χ4v) is 5.71. The summed E-state index contributed by atoms with van der Waals surface area (Å²) in [4.78, 5) is 12.7. The van der Waals surface area contributed by atoms with Crippen LogP contribution in [0.3, 0.4) is 0 Å². The maximum absolute atomic E-state index is 5.94. The highest BCUT2D eigenvalue weighted by molar-refractivity contribution is 6.51. The lowest BCUT2D eigenvalue weighted by Crippen LogP contribution is -2.46. The second-order valence-electron chi connectivity index (χ2n) is 10.0. The molecule has 8 nitrogen and oxygen atoms in total. The molecule has 0 aliphatic carbocycles. The number of rotatable bonds is 6. The zero-order valence-electron chi connectivity index (χ0n) is 23.7. The Morgan fingerprint density at radius 2 is 1.52 bits per heavy atom. The second kappa shape index (κ2) is 10.6. The first-order chi connectivity index (χ1) is 20.7. The Morgan fingerprint density at radius 1 is 0.810 bits per heavy atom. The van der Waals surface area contributed by atoms with Gasteiger partial charge in [0.05, 0.1) is 48.2 Å². The number of fused-ring (bicyclic) bond motifs is 4. The number of hydrogen-bond acceptors (Lipinski definition) is 7. The molecule has 2 aliphatic heterocycles. The topological polar surface area (TPSA) is 76.3 Å². The number of amidine groups is 2. The maximum atomic E-state index is 5.94. The van der Waals surface area contributed by atoms with Gasteiger partial charge >= 0.3 is 0 Å². The van der Waals surface area contributed by atoms with Crippen molar-refractivity contribution >= 4 is 34.6 Å². The number of hydrogen-bond donors (Lipinski definition) is 1. The summed E-state index contributed by atoms with van der Waals surface area (Å²) in [5.41, 5.74) is 6.45. The molecule has 0 amide bonds. The van der Waals surface area contributed by atoms with Crippen LogP contribution in [0.4, 0.5) is 22.9 Å². The van der Waals surface area contributed by atoms with E-state index in [1.807, 2.05) is 110 Å². The average Bonchev–Trinajstić information content (AvgIpc) is 3.37. The highest BCUT2D eigenvalue weighted by Crippen LogP contribution is 2.49. The number of para-hydroxylation sites is 6. The number of nitrogens with zero attached hydrogens (tertiary/aromatic N) is 5. The van der Waals surface area contributed by atoms with Gasteiger partial charge in [0, 0.05) is 11.1 Å². The fourth-order valence-electron chi connectivity index (χ4n) is 5.71. The Bertz CT molecular complexity index is 1840. The summed E-state index contributed by atoms with van der Waals surface area (Å²) < 4.78 is 13.8. The Labute approximate surface area is 244 Å². The van der Waals surface area contributed by atoms with Crippen molar-refractivity contribution in [3.05, 3.63) is 120 Å². The van der Waals surface area contributed by atoms with Gasteiger partial charge in [0.25, 0.3) is 0 Å². The van der Waals surface area contributed by atoms with Gasteiger partial charge in [0.2, 0.25) is 0 Å². The standard InChI is InChI=1S/C34H30N6O2/c1-4-42-29-21-13-10-18-26(29)36-32-34-37-33-30(22(2)38-40(33)23-14-6-5-7-15-23)31(24-16-8-12-20-28(24)41-3)39(34)27-19-11-9-17-25(27)35-32/h5-21,31H,4H2,1-3H3,(H,35,36)/t31-/m1/s1. The number of ether oxygens (including phenoxy) is 2. The van der Waals surface area contributed by atoms with Gasteiger partial charge in [-0.1, -0.05) is 60.7 Å². The van der Waals surface area contributed by atoms with Crippen LogP contribution in [0.2, 0.25) is 0 Å². The van der Waals surface area contributed by atoms with Crippen molar-refractivity contribution in [3.8, 4) is 17.2 Å². The summed E-state index contributed by atoms with van der Waals surface area (Å²) in [6.07, 6.45) is 0. The highest BCUT2D eigenvalue weighted by atomic mass is 16.5. The van der Waals surface area contributed by atoms with Gasteiger partial charge < -0.3 is 19.7 Å². The van der Waals surface area contributed by atoms with Crippen molar-refractivity contribution < 1.29 is 9.47 Å².